The number of nitro benzene ring substituents is 1. The molecule has 0 radical (unpaired) electrons. The summed E-state index contributed by atoms with van der Waals surface area (Å²) in [4.78, 5) is 21.6. The maximum atomic E-state index is 13.5. The van der Waals surface area contributed by atoms with Crippen LogP contribution in [-0.2, 0) is 0 Å². The summed E-state index contributed by atoms with van der Waals surface area (Å²) in [6.45, 7) is 0. The van der Waals surface area contributed by atoms with Crippen LogP contribution in [0.2, 0.25) is 0 Å². The van der Waals surface area contributed by atoms with Crippen LogP contribution in [0.15, 0.2) is 40.9 Å². The van der Waals surface area contributed by atoms with Gasteiger partial charge in [0.2, 0.25) is 5.82 Å². The van der Waals surface area contributed by atoms with Crippen molar-refractivity contribution in [3.63, 3.8) is 0 Å². The van der Waals surface area contributed by atoms with Crippen molar-refractivity contribution < 1.29 is 14.1 Å². The van der Waals surface area contributed by atoms with Gasteiger partial charge in [-0.1, -0.05) is 0 Å². The number of amides is 1. The van der Waals surface area contributed by atoms with E-state index in [1.807, 2.05) is 0 Å². The second-order valence-corrected chi connectivity index (χ2v) is 4.97. The molecule has 6 nitrogen and oxygen atoms in total. The molecule has 2 rings (SSSR count). The van der Waals surface area contributed by atoms with E-state index in [0.717, 1.165) is 12.1 Å². The molecule has 0 aromatic heterocycles. The minimum Gasteiger partial charge on any atom is -0.398 e. The van der Waals surface area contributed by atoms with Gasteiger partial charge in [0.15, 0.2) is 0 Å². The highest BCUT2D eigenvalue weighted by Gasteiger charge is 2.15. The van der Waals surface area contributed by atoms with Gasteiger partial charge >= 0.3 is 5.69 Å². The molecule has 3 N–H and O–H groups in total. The molecule has 0 saturated heterocycles. The molecular weight excluding hydrogens is 345 g/mol. The van der Waals surface area contributed by atoms with E-state index in [0.29, 0.717) is 10.2 Å². The van der Waals surface area contributed by atoms with Crippen molar-refractivity contribution in [3.05, 3.63) is 62.4 Å². The van der Waals surface area contributed by atoms with Gasteiger partial charge in [-0.05, 0) is 40.2 Å². The van der Waals surface area contributed by atoms with Crippen LogP contribution in [-0.4, -0.2) is 10.8 Å². The molecule has 0 aliphatic rings. The van der Waals surface area contributed by atoms with E-state index in [2.05, 4.69) is 21.2 Å². The zero-order valence-electron chi connectivity index (χ0n) is 10.5. The molecule has 0 bridgehead atoms. The van der Waals surface area contributed by atoms with E-state index < -0.39 is 22.3 Å². The Labute approximate surface area is 127 Å². The third-order valence-electron chi connectivity index (χ3n) is 2.66. The summed E-state index contributed by atoms with van der Waals surface area (Å²) in [6, 6.07) is 7.74. The van der Waals surface area contributed by atoms with Crippen molar-refractivity contribution in [3.8, 4) is 0 Å². The number of carbonyl (C=O) groups is 1. The number of anilines is 2. The van der Waals surface area contributed by atoms with E-state index >= 15 is 0 Å². The third-order valence-corrected chi connectivity index (χ3v) is 3.38. The van der Waals surface area contributed by atoms with Gasteiger partial charge < -0.3 is 11.1 Å². The fourth-order valence-corrected chi connectivity index (χ4v) is 1.87. The quantitative estimate of drug-likeness (QED) is 0.502. The summed E-state index contributed by atoms with van der Waals surface area (Å²) in [5.74, 6) is -1.52. The summed E-state index contributed by atoms with van der Waals surface area (Å²) in [7, 11) is 0. The first kappa shape index (κ1) is 14.9. The minimum absolute atomic E-state index is 0.115. The van der Waals surface area contributed by atoms with Crippen LogP contribution < -0.4 is 11.1 Å². The third kappa shape index (κ3) is 3.34. The molecule has 0 saturated carbocycles. The number of nitrogens with zero attached hydrogens (tertiary/aromatic N) is 1. The first-order valence-corrected chi connectivity index (χ1v) is 6.48. The minimum atomic E-state index is -1.02. The van der Waals surface area contributed by atoms with Crippen molar-refractivity contribution in [1.29, 1.82) is 0 Å². The summed E-state index contributed by atoms with van der Waals surface area (Å²) in [5.41, 5.74) is 5.80. The second-order valence-electron chi connectivity index (χ2n) is 4.11. The number of hydrogen-bond acceptors (Lipinski definition) is 4. The number of halogens is 2. The number of nitro groups is 1. The second kappa shape index (κ2) is 5.88. The van der Waals surface area contributed by atoms with Gasteiger partial charge in [0.05, 0.1) is 4.92 Å². The van der Waals surface area contributed by atoms with Crippen LogP contribution in [0.3, 0.4) is 0 Å². The normalized spacial score (nSPS) is 10.2. The molecule has 2 aromatic rings. The van der Waals surface area contributed by atoms with Gasteiger partial charge in [-0.3, -0.25) is 14.9 Å². The van der Waals surface area contributed by atoms with Crippen molar-refractivity contribution >= 4 is 38.9 Å². The fourth-order valence-electron chi connectivity index (χ4n) is 1.62. The highest BCUT2D eigenvalue weighted by atomic mass is 79.9. The van der Waals surface area contributed by atoms with Gasteiger partial charge in [0, 0.05) is 33.5 Å². The molecule has 0 unspecified atom stereocenters. The Morgan fingerprint density at radius 1 is 1.29 bits per heavy atom. The Balaban J connectivity index is 2.21. The maximum absolute atomic E-state index is 13.5. The molecular formula is C13H9BrFN3O3. The van der Waals surface area contributed by atoms with Crippen LogP contribution >= 0.6 is 15.9 Å². The zero-order valence-corrected chi connectivity index (χ0v) is 12.1. The van der Waals surface area contributed by atoms with E-state index in [1.54, 1.807) is 6.07 Å². The van der Waals surface area contributed by atoms with E-state index in [1.165, 1.54) is 18.2 Å². The monoisotopic (exact) mass is 353 g/mol. The van der Waals surface area contributed by atoms with Gasteiger partial charge in [-0.25, -0.2) is 0 Å². The van der Waals surface area contributed by atoms with E-state index in [4.69, 9.17) is 5.73 Å². The topological polar surface area (TPSA) is 98.3 Å². The molecule has 8 heteroatoms. The standard InChI is InChI=1S/C13H9BrFN3O3/c14-9-3-1-7(5-11(9)16)13(19)17-8-2-4-12(18(20)21)10(15)6-8/h1-6H,16H2,(H,17,19). The van der Waals surface area contributed by atoms with Crippen LogP contribution in [0.25, 0.3) is 0 Å². The molecule has 0 fully saturated rings. The first-order chi connectivity index (χ1) is 9.88. The number of carbonyl (C=O) groups excluding carboxylic acids is 1. The highest BCUT2D eigenvalue weighted by molar-refractivity contribution is 9.10. The lowest BCUT2D eigenvalue weighted by Crippen LogP contribution is -2.12. The Hall–Kier alpha value is -2.48. The predicted octanol–water partition coefficient (Wildman–Crippen LogP) is 3.33. The molecule has 21 heavy (non-hydrogen) atoms. The van der Waals surface area contributed by atoms with Gasteiger partial charge in [0.25, 0.3) is 5.91 Å². The lowest BCUT2D eigenvalue weighted by molar-refractivity contribution is -0.387. The maximum Gasteiger partial charge on any atom is 0.304 e. The summed E-state index contributed by atoms with van der Waals surface area (Å²) < 4.78 is 14.1. The molecule has 0 spiro atoms. The summed E-state index contributed by atoms with van der Waals surface area (Å²) in [5, 5.41) is 12.9. The Kier molecular flexibility index (Phi) is 4.18. The van der Waals surface area contributed by atoms with Gasteiger partial charge in [-0.2, -0.15) is 4.39 Å². The number of nitrogens with one attached hydrogen (secondary N) is 1. The zero-order chi connectivity index (χ0) is 15.6. The highest BCUT2D eigenvalue weighted by Crippen LogP contribution is 2.23. The smallest absolute Gasteiger partial charge is 0.304 e. The number of rotatable bonds is 3. The number of nitrogen functional groups attached to an aromatic ring is 1. The Morgan fingerprint density at radius 3 is 2.57 bits per heavy atom. The molecule has 2 aromatic carbocycles. The Morgan fingerprint density at radius 2 is 2.00 bits per heavy atom. The van der Waals surface area contributed by atoms with Gasteiger partial charge in [-0.15, -0.1) is 0 Å². The SMILES string of the molecule is Nc1cc(C(=O)Nc2ccc([N+](=O)[O-])c(F)c2)ccc1Br. The van der Waals surface area contributed by atoms with Crippen LogP contribution in [0.5, 0.6) is 0 Å². The predicted molar refractivity (Wildman–Crippen MR) is 79.6 cm³/mol. The van der Waals surface area contributed by atoms with Crippen LogP contribution in [0, 0.1) is 15.9 Å². The number of benzene rings is 2. The van der Waals surface area contributed by atoms with E-state index in [9.17, 15) is 19.3 Å². The van der Waals surface area contributed by atoms with Crippen LogP contribution in [0.4, 0.5) is 21.5 Å². The Bertz CT molecular complexity index is 737. The number of hydrogen-bond donors (Lipinski definition) is 2. The average molecular weight is 354 g/mol. The average Bonchev–Trinajstić information content (AvgIpc) is 2.41. The molecule has 1 amide bonds. The molecule has 0 heterocycles. The summed E-state index contributed by atoms with van der Waals surface area (Å²) >= 11 is 3.21. The molecule has 0 atom stereocenters. The van der Waals surface area contributed by atoms with Crippen molar-refractivity contribution in [2.45, 2.75) is 0 Å². The summed E-state index contributed by atoms with van der Waals surface area (Å²) in [6.07, 6.45) is 0. The largest absolute Gasteiger partial charge is 0.398 e. The van der Waals surface area contributed by atoms with Crippen molar-refractivity contribution in [1.82, 2.24) is 0 Å². The van der Waals surface area contributed by atoms with E-state index in [-0.39, 0.29) is 11.3 Å². The lowest BCUT2D eigenvalue weighted by Gasteiger charge is -2.07. The lowest BCUT2D eigenvalue weighted by atomic mass is 10.2. The van der Waals surface area contributed by atoms with Crippen molar-refractivity contribution in [2.75, 3.05) is 11.1 Å². The van der Waals surface area contributed by atoms with Crippen LogP contribution in [0.1, 0.15) is 10.4 Å². The van der Waals surface area contributed by atoms with Gasteiger partial charge in [0.1, 0.15) is 0 Å². The molecule has 0 aliphatic carbocycles. The first-order valence-electron chi connectivity index (χ1n) is 5.69. The molecule has 0 aliphatic heterocycles. The van der Waals surface area contributed by atoms with Crippen molar-refractivity contribution in [2.24, 2.45) is 0 Å². The molecule has 108 valence electrons. The fraction of sp³-hybridized carbons (Fsp3) is 0. The number of nitrogens with two attached hydrogens (primary N) is 1.